The maximum Gasteiger partial charge on any atom is 0.232 e. The first-order valence-corrected chi connectivity index (χ1v) is 16.6. The number of rotatable bonds is 6. The summed E-state index contributed by atoms with van der Waals surface area (Å²) in [4.78, 5) is 12.6. The maximum atomic E-state index is 13.7. The lowest BCUT2D eigenvalue weighted by Crippen LogP contribution is -2.58. The van der Waals surface area contributed by atoms with Gasteiger partial charge in [0.05, 0.1) is 18.4 Å². The van der Waals surface area contributed by atoms with E-state index in [1.165, 1.54) is 6.07 Å². The molecule has 0 spiro atoms. The number of nitrogens with zero attached hydrogens (tertiary/aromatic N) is 7. The third-order valence-corrected chi connectivity index (χ3v) is 13.2. The zero-order valence-electron chi connectivity index (χ0n) is 23.8. The van der Waals surface area contributed by atoms with E-state index in [1.54, 1.807) is 18.6 Å². The van der Waals surface area contributed by atoms with Gasteiger partial charge in [-0.2, -0.15) is 4.39 Å². The molecule has 2 aromatic heterocycles. The van der Waals surface area contributed by atoms with Crippen molar-refractivity contribution in [3.8, 4) is 11.1 Å². The normalized spacial score (nSPS) is 17.3. The zero-order chi connectivity index (χ0) is 27.9. The second-order valence-electron chi connectivity index (χ2n) is 12.3. The third-order valence-electron chi connectivity index (χ3n) is 8.66. The second kappa shape index (κ2) is 10.4. The predicted octanol–water partition coefficient (Wildman–Crippen LogP) is 6.16. The summed E-state index contributed by atoms with van der Waals surface area (Å²) in [6.07, 6.45) is 5.32. The van der Waals surface area contributed by atoms with Crippen LogP contribution < -0.4 is 9.80 Å². The molecule has 2 saturated heterocycles. The van der Waals surface area contributed by atoms with Crippen LogP contribution in [0, 0.1) is 12.5 Å². The van der Waals surface area contributed by atoms with Crippen LogP contribution in [0.15, 0.2) is 36.8 Å². The summed E-state index contributed by atoms with van der Waals surface area (Å²) in [5, 5.41) is 8.55. The van der Waals surface area contributed by atoms with Crippen molar-refractivity contribution in [2.45, 2.75) is 63.8 Å². The maximum absolute atomic E-state index is 13.7. The Labute approximate surface area is 231 Å². The molecule has 1 aromatic carbocycles. The number of hydrogen-bond donors (Lipinski definition) is 0. The molecule has 2 fully saturated rings. The van der Waals surface area contributed by atoms with Crippen LogP contribution in [-0.4, -0.2) is 60.3 Å². The van der Waals surface area contributed by atoms with Gasteiger partial charge in [0, 0.05) is 56.6 Å². The SMILES string of the molecule is [C-]#[N+]c1c(N2CC(O[Si](C)(C)C(C)(C)C)C2)ccc(-c2ccc(F)nc2)c1N1CCC(c2nncn2C)CC1. The van der Waals surface area contributed by atoms with Gasteiger partial charge >= 0.3 is 0 Å². The molecule has 206 valence electrons. The molecule has 4 heterocycles. The van der Waals surface area contributed by atoms with E-state index in [9.17, 15) is 4.39 Å². The van der Waals surface area contributed by atoms with Gasteiger partial charge in [0.15, 0.2) is 8.32 Å². The van der Waals surface area contributed by atoms with Crippen molar-refractivity contribution in [2.75, 3.05) is 36.0 Å². The lowest BCUT2D eigenvalue weighted by molar-refractivity contribution is 0.149. The first-order valence-electron chi connectivity index (χ1n) is 13.7. The Morgan fingerprint density at radius 1 is 1.08 bits per heavy atom. The fraction of sp³-hybridized carbons (Fsp3) is 0.517. The average molecular weight is 548 g/mol. The smallest absolute Gasteiger partial charge is 0.232 e. The molecule has 0 N–H and O–H groups in total. The number of anilines is 2. The molecular formula is C29H38FN7OSi. The highest BCUT2D eigenvalue weighted by Crippen LogP contribution is 2.48. The Balaban J connectivity index is 1.44. The largest absolute Gasteiger partial charge is 0.410 e. The molecule has 0 radical (unpaired) electrons. The molecule has 39 heavy (non-hydrogen) atoms. The molecule has 0 unspecified atom stereocenters. The van der Waals surface area contributed by atoms with Gasteiger partial charge in [-0.1, -0.05) is 26.8 Å². The fourth-order valence-corrected chi connectivity index (χ4v) is 6.68. The molecule has 8 nitrogen and oxygen atoms in total. The van der Waals surface area contributed by atoms with Crippen LogP contribution in [0.5, 0.6) is 0 Å². The fourth-order valence-electron chi connectivity index (χ4n) is 5.35. The molecular weight excluding hydrogens is 509 g/mol. The van der Waals surface area contributed by atoms with Gasteiger partial charge in [0.1, 0.15) is 12.2 Å². The first kappa shape index (κ1) is 27.3. The van der Waals surface area contributed by atoms with Crippen LogP contribution in [-0.2, 0) is 11.5 Å². The van der Waals surface area contributed by atoms with Gasteiger partial charge in [-0.3, -0.25) is 0 Å². The van der Waals surface area contributed by atoms with E-state index in [0.717, 1.165) is 67.3 Å². The highest BCUT2D eigenvalue weighted by Gasteiger charge is 2.42. The number of aryl methyl sites for hydroxylation is 1. The van der Waals surface area contributed by atoms with Crippen LogP contribution in [0.4, 0.5) is 21.5 Å². The molecule has 5 rings (SSSR count). The molecule has 3 aromatic rings. The lowest BCUT2D eigenvalue weighted by atomic mass is 9.93. The number of benzene rings is 1. The quantitative estimate of drug-likeness (QED) is 0.209. The van der Waals surface area contributed by atoms with Crippen LogP contribution >= 0.6 is 0 Å². The van der Waals surface area contributed by atoms with Crippen molar-refractivity contribution < 1.29 is 8.82 Å². The summed E-state index contributed by atoms with van der Waals surface area (Å²) in [6.45, 7) is 22.7. The van der Waals surface area contributed by atoms with E-state index in [2.05, 4.69) is 69.8 Å². The lowest BCUT2D eigenvalue weighted by Gasteiger charge is -2.48. The van der Waals surface area contributed by atoms with Crippen molar-refractivity contribution >= 4 is 25.4 Å². The Bertz CT molecular complexity index is 1360. The minimum absolute atomic E-state index is 0.157. The van der Waals surface area contributed by atoms with Crippen LogP contribution in [0.2, 0.25) is 18.1 Å². The topological polar surface area (TPSA) is 63.7 Å². The molecule has 0 amide bonds. The summed E-state index contributed by atoms with van der Waals surface area (Å²) < 4.78 is 22.3. The standard InChI is InChI=1S/C29H38FN7OSi/c1-29(2,3)39(6,7)38-22-17-37(18-22)24-10-9-23(21-8-11-25(30)32-16-21)27(26(24)31-4)36-14-12-20(13-15-36)28-34-33-19-35(28)5/h8-11,16,19-20,22H,12-15,17-18H2,1-3,5-7H3. The Morgan fingerprint density at radius 2 is 1.79 bits per heavy atom. The van der Waals surface area contributed by atoms with Crippen molar-refractivity contribution in [3.05, 3.63) is 60.0 Å². The predicted molar refractivity (Wildman–Crippen MR) is 155 cm³/mol. The van der Waals surface area contributed by atoms with Gasteiger partial charge < -0.3 is 18.8 Å². The van der Waals surface area contributed by atoms with Crippen molar-refractivity contribution in [3.63, 3.8) is 0 Å². The monoisotopic (exact) mass is 547 g/mol. The van der Waals surface area contributed by atoms with Crippen molar-refractivity contribution in [1.29, 1.82) is 0 Å². The van der Waals surface area contributed by atoms with E-state index < -0.39 is 14.3 Å². The van der Waals surface area contributed by atoms with Gasteiger partial charge in [0.25, 0.3) is 0 Å². The Kier molecular flexibility index (Phi) is 7.24. The number of piperidine rings is 1. The summed E-state index contributed by atoms with van der Waals surface area (Å²) in [5.74, 6) is 0.818. The van der Waals surface area contributed by atoms with E-state index in [0.29, 0.717) is 11.6 Å². The summed E-state index contributed by atoms with van der Waals surface area (Å²) in [6, 6.07) is 7.21. The average Bonchev–Trinajstić information content (AvgIpc) is 3.31. The number of pyridine rings is 1. The van der Waals surface area contributed by atoms with Gasteiger partial charge in [-0.05, 0) is 54.7 Å². The third kappa shape index (κ3) is 5.30. The van der Waals surface area contributed by atoms with Gasteiger partial charge in [-0.15, -0.1) is 10.2 Å². The molecule has 2 aliphatic rings. The zero-order valence-corrected chi connectivity index (χ0v) is 24.8. The van der Waals surface area contributed by atoms with E-state index in [4.69, 9.17) is 11.0 Å². The number of halogens is 1. The molecule has 10 heteroatoms. The van der Waals surface area contributed by atoms with Crippen LogP contribution in [0.3, 0.4) is 0 Å². The summed E-state index contributed by atoms with van der Waals surface area (Å²) in [7, 11) is 0.120. The molecule has 0 aliphatic carbocycles. The molecule has 0 atom stereocenters. The van der Waals surface area contributed by atoms with Gasteiger partial charge in [-0.25, -0.2) is 9.83 Å². The van der Waals surface area contributed by atoms with Crippen LogP contribution in [0.1, 0.15) is 45.4 Å². The molecule has 2 aliphatic heterocycles. The Morgan fingerprint density at radius 3 is 2.36 bits per heavy atom. The van der Waals surface area contributed by atoms with Crippen LogP contribution in [0.25, 0.3) is 16.0 Å². The Hall–Kier alpha value is -3.29. The molecule has 0 bridgehead atoms. The van der Waals surface area contributed by atoms with Crippen molar-refractivity contribution in [2.24, 2.45) is 7.05 Å². The first-order chi connectivity index (χ1) is 18.5. The second-order valence-corrected chi connectivity index (χ2v) is 17.0. The van der Waals surface area contributed by atoms with Gasteiger partial charge in [0.2, 0.25) is 11.6 Å². The highest BCUT2D eigenvalue weighted by molar-refractivity contribution is 6.74. The summed E-state index contributed by atoms with van der Waals surface area (Å²) in [5.41, 5.74) is 4.19. The highest BCUT2D eigenvalue weighted by atomic mass is 28.4. The minimum Gasteiger partial charge on any atom is -0.410 e. The summed E-state index contributed by atoms with van der Waals surface area (Å²) >= 11 is 0. The van der Waals surface area contributed by atoms with E-state index in [1.807, 2.05) is 17.7 Å². The minimum atomic E-state index is -1.86. The number of hydrogen-bond acceptors (Lipinski definition) is 6. The van der Waals surface area contributed by atoms with E-state index >= 15 is 0 Å². The van der Waals surface area contributed by atoms with E-state index in [-0.39, 0.29) is 11.1 Å². The molecule has 0 saturated carbocycles. The number of aromatic nitrogens is 4. The van der Waals surface area contributed by atoms with Crippen molar-refractivity contribution in [1.82, 2.24) is 19.7 Å².